The molecule has 8 aromatic rings. The van der Waals surface area contributed by atoms with Gasteiger partial charge in [-0.25, -0.2) is 0 Å². The first-order chi connectivity index (χ1) is 44.7. The summed E-state index contributed by atoms with van der Waals surface area (Å²) in [6.07, 6.45) is 0. The highest BCUT2D eigenvalue weighted by Gasteiger charge is 2.19. The van der Waals surface area contributed by atoms with Crippen molar-refractivity contribution in [1.82, 2.24) is 0 Å². The lowest BCUT2D eigenvalue weighted by atomic mass is 9.85. The number of benzene rings is 8. The summed E-state index contributed by atoms with van der Waals surface area (Å²) in [4.78, 5) is 0. The lowest BCUT2D eigenvalue weighted by molar-refractivity contribution is 0.0223. The zero-order valence-corrected chi connectivity index (χ0v) is 51.0. The van der Waals surface area contributed by atoms with Gasteiger partial charge in [-0.05, 0) is 104 Å². The van der Waals surface area contributed by atoms with E-state index in [1.54, 1.807) is 0 Å². The molecule has 0 saturated heterocycles. The Balaban J connectivity index is 0.834. The summed E-state index contributed by atoms with van der Waals surface area (Å²) in [5.41, 5.74) is 10.4. The molecular formula is C74H80O16. The maximum Gasteiger partial charge on any atom is 0.161 e. The molecule has 16 heteroatoms. The molecule has 472 valence electrons. The summed E-state index contributed by atoms with van der Waals surface area (Å²) in [6.45, 7) is 9.19. The molecule has 0 aromatic heterocycles. The highest BCUT2D eigenvalue weighted by Crippen LogP contribution is 2.40. The van der Waals surface area contributed by atoms with E-state index in [0.717, 1.165) is 55.7 Å². The fourth-order valence-electron chi connectivity index (χ4n) is 9.97. The van der Waals surface area contributed by atoms with Crippen molar-refractivity contribution in [3.63, 3.8) is 0 Å². The SMILES string of the molecule is c1ccc(/C(=C(/c2ccccc2)c2ccc(-c3ccc4c(c3)OCCOCCOCCOc3ccccc3OCCOCCOCCO4)cc2)c2ccc(-c3ccc4c(c3)OCCOCCOCCOc3ccccc3OCCOCCOCCO4)cc2)cc1. The number of hydrogen-bond donors (Lipinski definition) is 0. The van der Waals surface area contributed by atoms with Gasteiger partial charge in [0.05, 0.1) is 106 Å². The molecule has 0 amide bonds. The minimum atomic E-state index is 0.310. The van der Waals surface area contributed by atoms with E-state index < -0.39 is 0 Å². The average Bonchev–Trinajstić information content (AvgIpc) is 3.24. The molecule has 16 nitrogen and oxygen atoms in total. The van der Waals surface area contributed by atoms with Crippen LogP contribution in [-0.4, -0.2) is 159 Å². The third-order valence-electron chi connectivity index (χ3n) is 14.3. The maximum atomic E-state index is 6.38. The van der Waals surface area contributed by atoms with Gasteiger partial charge in [0, 0.05) is 0 Å². The fourth-order valence-corrected chi connectivity index (χ4v) is 9.97. The second-order valence-electron chi connectivity index (χ2n) is 20.5. The van der Waals surface area contributed by atoms with Crippen LogP contribution in [0.15, 0.2) is 194 Å². The van der Waals surface area contributed by atoms with Gasteiger partial charge < -0.3 is 75.8 Å². The molecule has 0 bridgehead atoms. The minimum absolute atomic E-state index is 0.310. The van der Waals surface area contributed by atoms with Crippen LogP contribution in [0.1, 0.15) is 22.3 Å². The molecule has 90 heavy (non-hydrogen) atoms. The standard InChI is InChI=1S/C74H80O16/c1-3-11-59(12-4-1)73(61-23-19-57(20-24-61)63-27-29-69-71(55-63)89-53-45-81-37-35-77-41-49-85-67-17-9-7-15-65(67)83-47-39-75-31-33-79-43-51-87-69)74(60-13-5-2-6-14-60)62-25-21-58(22-26-62)64-28-30-70-72(56-64)90-54-46-82-38-36-78-42-50-86-68-18-10-8-16-66(68)84-48-40-76-32-34-80-44-52-88-70/h1-30,55-56H,31-54H2/b74-73+. The second kappa shape index (κ2) is 36.9. The van der Waals surface area contributed by atoms with Crippen molar-refractivity contribution in [3.05, 3.63) is 216 Å². The van der Waals surface area contributed by atoms with E-state index in [1.165, 1.54) is 0 Å². The number of para-hydroxylation sites is 4. The van der Waals surface area contributed by atoms with E-state index in [4.69, 9.17) is 75.8 Å². The van der Waals surface area contributed by atoms with Gasteiger partial charge in [-0.15, -0.1) is 0 Å². The monoisotopic (exact) mass is 1220 g/mol. The molecule has 0 unspecified atom stereocenters. The van der Waals surface area contributed by atoms with Gasteiger partial charge in [0.1, 0.15) is 52.9 Å². The Bertz CT molecular complexity index is 3150. The molecule has 0 spiro atoms. The Morgan fingerprint density at radius 3 is 0.633 bits per heavy atom. The Hall–Kier alpha value is -8.42. The second-order valence-corrected chi connectivity index (χ2v) is 20.5. The highest BCUT2D eigenvalue weighted by atomic mass is 16.6. The predicted octanol–water partition coefficient (Wildman–Crippen LogP) is 12.6. The Kier molecular flexibility index (Phi) is 26.5. The topological polar surface area (TPSA) is 148 Å². The summed E-state index contributed by atoms with van der Waals surface area (Å²) in [6, 6.07) is 65.7. The molecule has 0 aliphatic carbocycles. The largest absolute Gasteiger partial charge is 0.487 e. The van der Waals surface area contributed by atoms with Crippen LogP contribution in [0.4, 0.5) is 0 Å². The van der Waals surface area contributed by atoms with Gasteiger partial charge in [0.25, 0.3) is 0 Å². The van der Waals surface area contributed by atoms with Crippen LogP contribution in [0.3, 0.4) is 0 Å². The fraction of sp³-hybridized carbons (Fsp3) is 0.324. The van der Waals surface area contributed by atoms with E-state index in [-0.39, 0.29) is 0 Å². The van der Waals surface area contributed by atoms with Crippen molar-refractivity contribution in [3.8, 4) is 68.2 Å². The normalized spacial score (nSPS) is 16.8. The van der Waals surface area contributed by atoms with Crippen molar-refractivity contribution in [2.24, 2.45) is 0 Å². The van der Waals surface area contributed by atoms with Gasteiger partial charge in [-0.2, -0.15) is 0 Å². The first-order valence-corrected chi connectivity index (χ1v) is 30.9. The Morgan fingerprint density at radius 1 is 0.167 bits per heavy atom. The summed E-state index contributed by atoms with van der Waals surface area (Å²) in [5.74, 6) is 5.06. The van der Waals surface area contributed by atoms with Gasteiger partial charge in [0.15, 0.2) is 46.0 Å². The smallest absolute Gasteiger partial charge is 0.161 e. The Labute approximate surface area is 527 Å². The third-order valence-corrected chi connectivity index (χ3v) is 14.3. The van der Waals surface area contributed by atoms with Crippen molar-refractivity contribution in [2.75, 3.05) is 159 Å². The van der Waals surface area contributed by atoms with Gasteiger partial charge >= 0.3 is 0 Å². The number of hydrogen-bond acceptors (Lipinski definition) is 16. The van der Waals surface area contributed by atoms with E-state index in [9.17, 15) is 0 Å². The quantitative estimate of drug-likeness (QED) is 0.145. The molecule has 2 heterocycles. The number of fused-ring (bicyclic) bond motifs is 4. The first-order valence-electron chi connectivity index (χ1n) is 30.9. The van der Waals surface area contributed by atoms with E-state index in [0.29, 0.717) is 205 Å². The predicted molar refractivity (Wildman–Crippen MR) is 345 cm³/mol. The van der Waals surface area contributed by atoms with E-state index >= 15 is 0 Å². The van der Waals surface area contributed by atoms with Crippen LogP contribution in [0, 0.1) is 0 Å². The summed E-state index contributed by atoms with van der Waals surface area (Å²) >= 11 is 0. The molecule has 10 rings (SSSR count). The van der Waals surface area contributed by atoms with Gasteiger partial charge in [-0.3, -0.25) is 0 Å². The first kappa shape index (κ1) is 64.6. The number of ether oxygens (including phenoxy) is 16. The van der Waals surface area contributed by atoms with E-state index in [2.05, 4.69) is 109 Å². The molecule has 0 saturated carbocycles. The lowest BCUT2D eigenvalue weighted by Gasteiger charge is -2.19. The van der Waals surface area contributed by atoms with Crippen molar-refractivity contribution < 1.29 is 75.8 Å². The highest BCUT2D eigenvalue weighted by molar-refractivity contribution is 6.05. The molecule has 8 aromatic carbocycles. The van der Waals surface area contributed by atoms with Crippen molar-refractivity contribution in [2.45, 2.75) is 0 Å². The summed E-state index contributed by atoms with van der Waals surface area (Å²) in [7, 11) is 0. The van der Waals surface area contributed by atoms with Crippen molar-refractivity contribution >= 4 is 11.1 Å². The molecule has 0 radical (unpaired) electrons. The van der Waals surface area contributed by atoms with Crippen LogP contribution in [0.5, 0.6) is 46.0 Å². The lowest BCUT2D eigenvalue weighted by Crippen LogP contribution is -2.15. The average molecular weight is 1230 g/mol. The van der Waals surface area contributed by atoms with Crippen LogP contribution < -0.4 is 37.9 Å². The third kappa shape index (κ3) is 20.3. The molecule has 2 aliphatic rings. The van der Waals surface area contributed by atoms with Crippen LogP contribution >= 0.6 is 0 Å². The molecule has 0 N–H and O–H groups in total. The zero-order valence-electron chi connectivity index (χ0n) is 51.0. The van der Waals surface area contributed by atoms with Gasteiger partial charge in [0.2, 0.25) is 0 Å². The van der Waals surface area contributed by atoms with Crippen molar-refractivity contribution in [1.29, 1.82) is 0 Å². The number of rotatable bonds is 6. The zero-order chi connectivity index (χ0) is 61.3. The minimum Gasteiger partial charge on any atom is -0.487 e. The molecular weight excluding hydrogens is 1140 g/mol. The van der Waals surface area contributed by atoms with Gasteiger partial charge in [-0.1, -0.05) is 146 Å². The Morgan fingerprint density at radius 2 is 0.367 bits per heavy atom. The van der Waals surface area contributed by atoms with Crippen LogP contribution in [-0.2, 0) is 37.9 Å². The maximum absolute atomic E-state index is 6.38. The summed E-state index contributed by atoms with van der Waals surface area (Å²) < 4.78 is 95.6. The molecule has 0 atom stereocenters. The van der Waals surface area contributed by atoms with Crippen LogP contribution in [0.25, 0.3) is 33.4 Å². The molecule has 0 fully saturated rings. The van der Waals surface area contributed by atoms with E-state index in [1.807, 2.05) is 84.9 Å². The summed E-state index contributed by atoms with van der Waals surface area (Å²) in [5, 5.41) is 0. The molecule has 2 aliphatic heterocycles. The van der Waals surface area contributed by atoms with Crippen LogP contribution in [0.2, 0.25) is 0 Å².